The lowest BCUT2D eigenvalue weighted by atomic mass is 10.1. The van der Waals surface area contributed by atoms with Gasteiger partial charge in [0.05, 0.1) is 0 Å². The SMILES string of the molecule is C=CCNC(=O)CC(=O)Nc1ccc(CC)cc1. The predicted molar refractivity (Wildman–Crippen MR) is 72.3 cm³/mol. The lowest BCUT2D eigenvalue weighted by Crippen LogP contribution is -2.28. The van der Waals surface area contributed by atoms with Gasteiger partial charge in [-0.05, 0) is 24.1 Å². The highest BCUT2D eigenvalue weighted by Crippen LogP contribution is 2.10. The summed E-state index contributed by atoms with van der Waals surface area (Å²) in [6.07, 6.45) is 2.35. The fourth-order valence-electron chi connectivity index (χ4n) is 1.42. The summed E-state index contributed by atoms with van der Waals surface area (Å²) < 4.78 is 0. The van der Waals surface area contributed by atoms with Crippen LogP contribution in [0.5, 0.6) is 0 Å². The molecular weight excluding hydrogens is 228 g/mol. The minimum absolute atomic E-state index is 0.177. The Balaban J connectivity index is 2.43. The minimum Gasteiger partial charge on any atom is -0.352 e. The largest absolute Gasteiger partial charge is 0.352 e. The van der Waals surface area contributed by atoms with Crippen molar-refractivity contribution in [3.63, 3.8) is 0 Å². The Morgan fingerprint density at radius 2 is 1.89 bits per heavy atom. The number of nitrogens with one attached hydrogen (secondary N) is 2. The molecular formula is C14H18N2O2. The van der Waals surface area contributed by atoms with Gasteiger partial charge < -0.3 is 10.6 Å². The first-order valence-corrected chi connectivity index (χ1v) is 5.92. The van der Waals surface area contributed by atoms with E-state index in [-0.39, 0.29) is 18.2 Å². The molecule has 0 radical (unpaired) electrons. The maximum atomic E-state index is 11.5. The molecule has 0 aromatic heterocycles. The molecule has 1 aromatic rings. The summed E-state index contributed by atoms with van der Waals surface area (Å²) in [4.78, 5) is 22.8. The molecule has 96 valence electrons. The zero-order valence-electron chi connectivity index (χ0n) is 10.5. The molecule has 0 fully saturated rings. The van der Waals surface area contributed by atoms with Gasteiger partial charge in [0, 0.05) is 12.2 Å². The molecule has 0 unspecified atom stereocenters. The van der Waals surface area contributed by atoms with Crippen molar-refractivity contribution in [1.29, 1.82) is 0 Å². The highest BCUT2D eigenvalue weighted by Gasteiger charge is 2.08. The molecule has 0 aliphatic heterocycles. The van der Waals surface area contributed by atoms with Crippen LogP contribution in [-0.4, -0.2) is 18.4 Å². The van der Waals surface area contributed by atoms with Gasteiger partial charge in [-0.3, -0.25) is 9.59 Å². The number of amides is 2. The van der Waals surface area contributed by atoms with E-state index in [1.807, 2.05) is 24.3 Å². The molecule has 0 heterocycles. The van der Waals surface area contributed by atoms with E-state index in [0.29, 0.717) is 12.2 Å². The molecule has 18 heavy (non-hydrogen) atoms. The molecule has 0 aliphatic carbocycles. The molecule has 1 aromatic carbocycles. The molecule has 0 spiro atoms. The standard InChI is InChI=1S/C14H18N2O2/c1-3-9-15-13(17)10-14(18)16-12-7-5-11(4-2)6-8-12/h3,5-8H,1,4,9-10H2,2H3,(H,15,17)(H,16,18). The third-order valence-corrected chi connectivity index (χ3v) is 2.41. The van der Waals surface area contributed by atoms with Crippen molar-refractivity contribution in [3.05, 3.63) is 42.5 Å². The summed E-state index contributed by atoms with van der Waals surface area (Å²) in [7, 11) is 0. The zero-order valence-corrected chi connectivity index (χ0v) is 10.5. The lowest BCUT2D eigenvalue weighted by Gasteiger charge is -2.06. The minimum atomic E-state index is -0.319. The summed E-state index contributed by atoms with van der Waals surface area (Å²) in [5, 5.41) is 5.22. The van der Waals surface area contributed by atoms with Crippen molar-refractivity contribution < 1.29 is 9.59 Å². The average Bonchev–Trinajstić information content (AvgIpc) is 2.37. The van der Waals surface area contributed by atoms with Crippen LogP contribution in [-0.2, 0) is 16.0 Å². The number of hydrogen-bond donors (Lipinski definition) is 2. The summed E-state index contributed by atoms with van der Waals surface area (Å²) in [6.45, 7) is 5.92. The fraction of sp³-hybridized carbons (Fsp3) is 0.286. The van der Waals surface area contributed by atoms with Gasteiger partial charge in [0.25, 0.3) is 0 Å². The molecule has 0 bridgehead atoms. The quantitative estimate of drug-likeness (QED) is 0.594. The number of hydrogen-bond acceptors (Lipinski definition) is 2. The van der Waals surface area contributed by atoms with Crippen LogP contribution in [0.15, 0.2) is 36.9 Å². The van der Waals surface area contributed by atoms with Crippen LogP contribution in [0.4, 0.5) is 5.69 Å². The summed E-state index contributed by atoms with van der Waals surface area (Å²) in [6, 6.07) is 7.57. The lowest BCUT2D eigenvalue weighted by molar-refractivity contribution is -0.126. The molecule has 0 saturated carbocycles. The smallest absolute Gasteiger partial charge is 0.233 e. The Morgan fingerprint density at radius 1 is 1.22 bits per heavy atom. The van der Waals surface area contributed by atoms with Crippen molar-refractivity contribution in [3.8, 4) is 0 Å². The van der Waals surface area contributed by atoms with Crippen LogP contribution in [0.25, 0.3) is 0 Å². The Kier molecular flexibility index (Phi) is 5.64. The molecule has 0 saturated heterocycles. The Labute approximate surface area is 107 Å². The van der Waals surface area contributed by atoms with Crippen LogP contribution in [0, 0.1) is 0 Å². The van der Waals surface area contributed by atoms with E-state index < -0.39 is 0 Å². The van der Waals surface area contributed by atoms with Crippen molar-refractivity contribution in [2.24, 2.45) is 0 Å². The molecule has 2 N–H and O–H groups in total. The third-order valence-electron chi connectivity index (χ3n) is 2.41. The second-order valence-electron chi connectivity index (χ2n) is 3.87. The van der Waals surface area contributed by atoms with Crippen LogP contribution >= 0.6 is 0 Å². The first kappa shape index (κ1) is 14.0. The summed E-state index contributed by atoms with van der Waals surface area (Å²) >= 11 is 0. The van der Waals surface area contributed by atoms with Gasteiger partial charge in [-0.1, -0.05) is 25.1 Å². The van der Waals surface area contributed by atoms with Gasteiger partial charge in [0.15, 0.2) is 0 Å². The number of rotatable bonds is 6. The van der Waals surface area contributed by atoms with Gasteiger partial charge in [0.1, 0.15) is 6.42 Å². The van der Waals surface area contributed by atoms with Crippen LogP contribution in [0.3, 0.4) is 0 Å². The van der Waals surface area contributed by atoms with Crippen molar-refractivity contribution in [1.82, 2.24) is 5.32 Å². The van der Waals surface area contributed by atoms with Crippen LogP contribution in [0.1, 0.15) is 18.9 Å². The molecule has 0 atom stereocenters. The second kappa shape index (κ2) is 7.27. The van der Waals surface area contributed by atoms with Gasteiger partial charge in [0.2, 0.25) is 11.8 Å². The number of benzene rings is 1. The predicted octanol–water partition coefficient (Wildman–Crippen LogP) is 1.88. The number of carbonyl (C=O) groups excluding carboxylic acids is 2. The van der Waals surface area contributed by atoms with Crippen LogP contribution < -0.4 is 10.6 Å². The van der Waals surface area contributed by atoms with E-state index in [9.17, 15) is 9.59 Å². The highest BCUT2D eigenvalue weighted by molar-refractivity contribution is 6.03. The van der Waals surface area contributed by atoms with Gasteiger partial charge >= 0.3 is 0 Å². The van der Waals surface area contributed by atoms with E-state index in [2.05, 4.69) is 24.1 Å². The highest BCUT2D eigenvalue weighted by atomic mass is 16.2. The van der Waals surface area contributed by atoms with E-state index >= 15 is 0 Å². The summed E-state index contributed by atoms with van der Waals surface area (Å²) in [5.74, 6) is -0.626. The number of anilines is 1. The second-order valence-corrected chi connectivity index (χ2v) is 3.87. The van der Waals surface area contributed by atoms with Gasteiger partial charge in [-0.2, -0.15) is 0 Å². The first-order valence-electron chi connectivity index (χ1n) is 5.92. The van der Waals surface area contributed by atoms with E-state index in [1.165, 1.54) is 5.56 Å². The van der Waals surface area contributed by atoms with E-state index in [0.717, 1.165) is 6.42 Å². The Bertz CT molecular complexity index is 424. The first-order chi connectivity index (χ1) is 8.65. The molecule has 0 aliphatic rings. The monoisotopic (exact) mass is 246 g/mol. The fourth-order valence-corrected chi connectivity index (χ4v) is 1.42. The van der Waals surface area contributed by atoms with E-state index in [1.54, 1.807) is 6.08 Å². The molecule has 1 rings (SSSR count). The van der Waals surface area contributed by atoms with Crippen molar-refractivity contribution in [2.45, 2.75) is 19.8 Å². The van der Waals surface area contributed by atoms with Crippen LogP contribution in [0.2, 0.25) is 0 Å². The maximum absolute atomic E-state index is 11.5. The van der Waals surface area contributed by atoms with Crippen molar-refractivity contribution in [2.75, 3.05) is 11.9 Å². The number of aryl methyl sites for hydroxylation is 1. The van der Waals surface area contributed by atoms with Crippen molar-refractivity contribution >= 4 is 17.5 Å². The average molecular weight is 246 g/mol. The topological polar surface area (TPSA) is 58.2 Å². The summed E-state index contributed by atoms with van der Waals surface area (Å²) in [5.41, 5.74) is 1.91. The van der Waals surface area contributed by atoms with Gasteiger partial charge in [-0.25, -0.2) is 0 Å². The maximum Gasteiger partial charge on any atom is 0.233 e. The molecule has 4 heteroatoms. The Hall–Kier alpha value is -2.10. The van der Waals surface area contributed by atoms with Gasteiger partial charge in [-0.15, -0.1) is 6.58 Å². The zero-order chi connectivity index (χ0) is 13.4. The van der Waals surface area contributed by atoms with E-state index in [4.69, 9.17) is 0 Å². The third kappa shape index (κ3) is 4.82. The Morgan fingerprint density at radius 3 is 2.44 bits per heavy atom. The number of carbonyl (C=O) groups is 2. The molecule has 2 amide bonds. The molecule has 4 nitrogen and oxygen atoms in total. The normalized spacial score (nSPS) is 9.61.